The molecule has 0 saturated heterocycles. The van der Waals surface area contributed by atoms with Crippen LogP contribution >= 0.6 is 11.6 Å². The highest BCUT2D eigenvalue weighted by Crippen LogP contribution is 2.21. The molecule has 0 aliphatic carbocycles. The molecule has 0 saturated carbocycles. The molecule has 0 bridgehead atoms. The fourth-order valence-electron chi connectivity index (χ4n) is 2.14. The van der Waals surface area contributed by atoms with Crippen molar-refractivity contribution in [2.45, 2.75) is 13.0 Å². The van der Waals surface area contributed by atoms with Crippen LogP contribution in [0, 0.1) is 0 Å². The molecule has 0 fully saturated rings. The van der Waals surface area contributed by atoms with Gasteiger partial charge in [-0.1, -0.05) is 29.8 Å². The van der Waals surface area contributed by atoms with Gasteiger partial charge in [-0.15, -0.1) is 0 Å². The van der Waals surface area contributed by atoms with E-state index >= 15 is 0 Å². The predicted octanol–water partition coefficient (Wildman–Crippen LogP) is 3.33. The topological polar surface area (TPSA) is 69.0 Å². The lowest BCUT2D eigenvalue weighted by Crippen LogP contribution is -2.30. The second-order valence-corrected chi connectivity index (χ2v) is 5.50. The van der Waals surface area contributed by atoms with Gasteiger partial charge in [0.25, 0.3) is 5.91 Å². The molecule has 1 heterocycles. The number of anilines is 1. The van der Waals surface area contributed by atoms with Crippen LogP contribution in [-0.2, 0) is 4.79 Å². The molecule has 122 valence electrons. The van der Waals surface area contributed by atoms with Gasteiger partial charge in [0, 0.05) is 5.02 Å². The van der Waals surface area contributed by atoms with E-state index in [1.807, 2.05) is 18.2 Å². The summed E-state index contributed by atoms with van der Waals surface area (Å²) in [6.07, 6.45) is 2.31. The Morgan fingerprint density at radius 3 is 2.83 bits per heavy atom. The maximum atomic E-state index is 12.4. The van der Waals surface area contributed by atoms with Gasteiger partial charge >= 0.3 is 0 Å². The summed E-state index contributed by atoms with van der Waals surface area (Å²) in [6.45, 7) is 1.67. The second kappa shape index (κ2) is 7.14. The number of hydrogen-bond acceptors (Lipinski definition) is 4. The lowest BCUT2D eigenvalue weighted by molar-refractivity contribution is -0.122. The van der Waals surface area contributed by atoms with Gasteiger partial charge in [0.15, 0.2) is 6.10 Å². The number of carbonyl (C=O) groups excluding carboxylic acids is 1. The zero-order valence-corrected chi connectivity index (χ0v) is 13.6. The summed E-state index contributed by atoms with van der Waals surface area (Å²) >= 11 is 5.92. The van der Waals surface area contributed by atoms with Crippen LogP contribution in [0.5, 0.6) is 5.75 Å². The van der Waals surface area contributed by atoms with E-state index in [-0.39, 0.29) is 5.91 Å². The number of rotatable bonds is 5. The minimum atomic E-state index is -0.688. The van der Waals surface area contributed by atoms with Crippen LogP contribution in [0.2, 0.25) is 5.02 Å². The first-order valence-electron chi connectivity index (χ1n) is 7.30. The Balaban J connectivity index is 1.73. The molecule has 1 N–H and O–H groups in total. The van der Waals surface area contributed by atoms with Crippen molar-refractivity contribution in [3.05, 3.63) is 66.2 Å². The largest absolute Gasteiger partial charge is 0.481 e. The molecule has 0 aliphatic rings. The van der Waals surface area contributed by atoms with Crippen LogP contribution in [0.4, 0.5) is 5.69 Å². The number of hydrogen-bond donors (Lipinski definition) is 1. The fraction of sp³-hybridized carbons (Fsp3) is 0.118. The Kier molecular flexibility index (Phi) is 4.77. The molecule has 1 atom stereocenters. The molecule has 3 rings (SSSR count). The van der Waals surface area contributed by atoms with Gasteiger partial charge in [-0.2, -0.15) is 5.10 Å². The molecule has 1 unspecified atom stereocenters. The highest BCUT2D eigenvalue weighted by molar-refractivity contribution is 6.30. The molecule has 0 aliphatic heterocycles. The van der Waals surface area contributed by atoms with E-state index < -0.39 is 6.10 Å². The van der Waals surface area contributed by atoms with E-state index in [2.05, 4.69) is 15.4 Å². The van der Waals surface area contributed by atoms with Crippen molar-refractivity contribution < 1.29 is 9.53 Å². The van der Waals surface area contributed by atoms with Crippen LogP contribution in [0.25, 0.3) is 5.69 Å². The summed E-state index contributed by atoms with van der Waals surface area (Å²) in [5, 5.41) is 7.49. The summed E-state index contributed by atoms with van der Waals surface area (Å²) < 4.78 is 7.21. The van der Waals surface area contributed by atoms with E-state index in [4.69, 9.17) is 16.3 Å². The minimum absolute atomic E-state index is 0.275. The Labute approximate surface area is 144 Å². The molecule has 3 aromatic rings. The SMILES string of the molecule is CC(Oc1cccc(Cl)c1)C(=O)Nc1ccccc1-n1cncn1. The number of para-hydroxylation sites is 2. The zero-order chi connectivity index (χ0) is 16.9. The predicted molar refractivity (Wildman–Crippen MR) is 91.5 cm³/mol. The number of aromatic nitrogens is 3. The summed E-state index contributed by atoms with van der Waals surface area (Å²) in [5.74, 6) is 0.261. The summed E-state index contributed by atoms with van der Waals surface area (Å²) in [7, 11) is 0. The van der Waals surface area contributed by atoms with Crippen LogP contribution in [0.1, 0.15) is 6.92 Å². The summed E-state index contributed by atoms with van der Waals surface area (Å²) in [6, 6.07) is 14.2. The Bertz CT molecular complexity index is 836. The second-order valence-electron chi connectivity index (χ2n) is 5.06. The van der Waals surface area contributed by atoms with Gasteiger partial charge in [-0.3, -0.25) is 4.79 Å². The van der Waals surface area contributed by atoms with Crippen LogP contribution in [0.15, 0.2) is 61.2 Å². The first-order chi connectivity index (χ1) is 11.6. The van der Waals surface area contributed by atoms with Crippen LogP contribution in [-0.4, -0.2) is 26.8 Å². The maximum absolute atomic E-state index is 12.4. The number of benzene rings is 2. The zero-order valence-electron chi connectivity index (χ0n) is 12.9. The lowest BCUT2D eigenvalue weighted by Gasteiger charge is -2.16. The van der Waals surface area contributed by atoms with Crippen molar-refractivity contribution in [3.63, 3.8) is 0 Å². The van der Waals surface area contributed by atoms with Crippen molar-refractivity contribution in [3.8, 4) is 11.4 Å². The number of carbonyl (C=O) groups is 1. The summed E-state index contributed by atoms with van der Waals surface area (Å²) in [5.41, 5.74) is 1.34. The molecule has 0 spiro atoms. The molecular formula is C17H15ClN4O2. The highest BCUT2D eigenvalue weighted by atomic mass is 35.5. The first kappa shape index (κ1) is 16.0. The van der Waals surface area contributed by atoms with E-state index in [1.165, 1.54) is 6.33 Å². The van der Waals surface area contributed by atoms with Gasteiger partial charge in [0.05, 0.1) is 11.4 Å². The standard InChI is InChI=1S/C17H15ClN4O2/c1-12(24-14-6-4-5-13(18)9-14)17(23)21-15-7-2-3-8-16(15)22-11-19-10-20-22/h2-12H,1H3,(H,21,23). The fourth-order valence-corrected chi connectivity index (χ4v) is 2.32. The minimum Gasteiger partial charge on any atom is -0.481 e. The van der Waals surface area contributed by atoms with Crippen molar-refractivity contribution in [2.24, 2.45) is 0 Å². The van der Waals surface area contributed by atoms with Gasteiger partial charge in [0.1, 0.15) is 18.4 Å². The number of amides is 1. The third-order valence-electron chi connectivity index (χ3n) is 3.31. The molecule has 1 aromatic heterocycles. The van der Waals surface area contributed by atoms with Crippen LogP contribution in [0.3, 0.4) is 0 Å². The Hall–Kier alpha value is -2.86. The quantitative estimate of drug-likeness (QED) is 0.772. The molecule has 7 heteroatoms. The molecule has 1 amide bonds. The van der Waals surface area contributed by atoms with E-state index in [0.29, 0.717) is 16.5 Å². The molecule has 6 nitrogen and oxygen atoms in total. The first-order valence-corrected chi connectivity index (χ1v) is 7.68. The van der Waals surface area contributed by atoms with Gasteiger partial charge in [-0.05, 0) is 37.3 Å². The Morgan fingerprint density at radius 1 is 1.25 bits per heavy atom. The van der Waals surface area contributed by atoms with E-state index in [0.717, 1.165) is 5.69 Å². The number of nitrogens with zero attached hydrogens (tertiary/aromatic N) is 3. The maximum Gasteiger partial charge on any atom is 0.265 e. The highest BCUT2D eigenvalue weighted by Gasteiger charge is 2.17. The van der Waals surface area contributed by atoms with E-state index in [1.54, 1.807) is 48.3 Å². The van der Waals surface area contributed by atoms with Crippen molar-refractivity contribution in [1.29, 1.82) is 0 Å². The van der Waals surface area contributed by atoms with Crippen molar-refractivity contribution in [1.82, 2.24) is 14.8 Å². The van der Waals surface area contributed by atoms with Gasteiger partial charge in [-0.25, -0.2) is 9.67 Å². The molecule has 24 heavy (non-hydrogen) atoms. The van der Waals surface area contributed by atoms with Crippen molar-refractivity contribution in [2.75, 3.05) is 5.32 Å². The van der Waals surface area contributed by atoms with Gasteiger partial charge in [0.2, 0.25) is 0 Å². The molecule has 0 radical (unpaired) electrons. The summed E-state index contributed by atoms with van der Waals surface area (Å²) in [4.78, 5) is 16.3. The molecule has 2 aromatic carbocycles. The number of halogens is 1. The Morgan fingerprint density at radius 2 is 2.08 bits per heavy atom. The molecular weight excluding hydrogens is 328 g/mol. The number of ether oxygens (including phenoxy) is 1. The smallest absolute Gasteiger partial charge is 0.265 e. The van der Waals surface area contributed by atoms with E-state index in [9.17, 15) is 4.79 Å². The van der Waals surface area contributed by atoms with Crippen molar-refractivity contribution >= 4 is 23.2 Å². The van der Waals surface area contributed by atoms with Gasteiger partial charge < -0.3 is 10.1 Å². The van der Waals surface area contributed by atoms with Crippen LogP contribution < -0.4 is 10.1 Å². The normalized spacial score (nSPS) is 11.8. The number of nitrogens with one attached hydrogen (secondary N) is 1. The monoisotopic (exact) mass is 342 g/mol. The lowest BCUT2D eigenvalue weighted by atomic mass is 10.2. The third kappa shape index (κ3) is 3.72. The third-order valence-corrected chi connectivity index (χ3v) is 3.54. The average Bonchev–Trinajstić information content (AvgIpc) is 3.09. The average molecular weight is 343 g/mol.